The molecule has 0 bridgehead atoms. The molecule has 2 atom stereocenters. The van der Waals surface area contributed by atoms with Crippen molar-refractivity contribution in [3.05, 3.63) is 17.7 Å². The zero-order valence-corrected chi connectivity index (χ0v) is 10.9. The van der Waals surface area contributed by atoms with Crippen LogP contribution in [0.2, 0.25) is 0 Å². The minimum absolute atomic E-state index is 0.215. The van der Waals surface area contributed by atoms with Gasteiger partial charge in [0, 0.05) is 12.2 Å². The highest BCUT2D eigenvalue weighted by Crippen LogP contribution is 2.10. The zero-order chi connectivity index (χ0) is 12.8. The molecule has 1 aromatic heterocycles. The van der Waals surface area contributed by atoms with Gasteiger partial charge in [-0.2, -0.15) is 0 Å². The van der Waals surface area contributed by atoms with Crippen LogP contribution in [0.3, 0.4) is 0 Å². The van der Waals surface area contributed by atoms with Crippen LogP contribution in [0.4, 0.5) is 0 Å². The standard InChI is InChI=1S/C12H21N3O2/c1-5-8(2)11(12(16)17-4)13-6-10-9(3)14-7-15-10/h7-8,11,13H,5-6H2,1-4H3,(H,14,15). The largest absolute Gasteiger partial charge is 0.468 e. The Hall–Kier alpha value is -1.36. The zero-order valence-electron chi connectivity index (χ0n) is 10.9. The van der Waals surface area contributed by atoms with E-state index >= 15 is 0 Å². The summed E-state index contributed by atoms with van der Waals surface area (Å²) in [7, 11) is 1.42. The van der Waals surface area contributed by atoms with Gasteiger partial charge in [-0.1, -0.05) is 20.3 Å². The summed E-state index contributed by atoms with van der Waals surface area (Å²) in [4.78, 5) is 18.8. The Kier molecular flexibility index (Phi) is 5.15. The maximum Gasteiger partial charge on any atom is 0.323 e. The first kappa shape index (κ1) is 13.7. The maximum atomic E-state index is 11.6. The van der Waals surface area contributed by atoms with Crippen molar-refractivity contribution in [2.75, 3.05) is 7.11 Å². The third kappa shape index (κ3) is 3.56. The number of aromatic amines is 1. The van der Waals surface area contributed by atoms with Gasteiger partial charge in [-0.15, -0.1) is 0 Å². The smallest absolute Gasteiger partial charge is 0.323 e. The molecule has 0 aliphatic carbocycles. The molecule has 0 fully saturated rings. The van der Waals surface area contributed by atoms with Crippen molar-refractivity contribution < 1.29 is 9.53 Å². The maximum absolute atomic E-state index is 11.6. The number of carbonyl (C=O) groups is 1. The lowest BCUT2D eigenvalue weighted by atomic mass is 9.99. The topological polar surface area (TPSA) is 67.0 Å². The number of aryl methyl sites for hydroxylation is 1. The van der Waals surface area contributed by atoms with Crippen molar-refractivity contribution in [2.24, 2.45) is 5.92 Å². The van der Waals surface area contributed by atoms with Gasteiger partial charge >= 0.3 is 5.97 Å². The van der Waals surface area contributed by atoms with E-state index in [9.17, 15) is 4.79 Å². The SMILES string of the molecule is CCC(C)C(NCc1nc[nH]c1C)C(=O)OC. The summed E-state index contributed by atoms with van der Waals surface area (Å²) < 4.78 is 4.81. The number of nitrogens with zero attached hydrogens (tertiary/aromatic N) is 1. The Balaban J connectivity index is 2.61. The lowest BCUT2D eigenvalue weighted by Gasteiger charge is -2.21. The van der Waals surface area contributed by atoms with Crippen molar-refractivity contribution in [3.63, 3.8) is 0 Å². The number of imidazole rings is 1. The predicted molar refractivity (Wildman–Crippen MR) is 65.4 cm³/mol. The summed E-state index contributed by atoms with van der Waals surface area (Å²) in [5, 5.41) is 3.21. The molecule has 0 amide bonds. The number of hydrogen-bond donors (Lipinski definition) is 2. The van der Waals surface area contributed by atoms with E-state index in [0.717, 1.165) is 17.8 Å². The second-order valence-electron chi connectivity index (χ2n) is 4.24. The monoisotopic (exact) mass is 239 g/mol. The van der Waals surface area contributed by atoms with Gasteiger partial charge < -0.3 is 9.72 Å². The first-order valence-corrected chi connectivity index (χ1v) is 5.90. The lowest BCUT2D eigenvalue weighted by molar-refractivity contribution is -0.144. The molecule has 17 heavy (non-hydrogen) atoms. The fraction of sp³-hybridized carbons (Fsp3) is 0.667. The average Bonchev–Trinajstić information content (AvgIpc) is 2.74. The van der Waals surface area contributed by atoms with Gasteiger partial charge in [-0.05, 0) is 12.8 Å². The molecule has 1 rings (SSSR count). The third-order valence-corrected chi connectivity index (χ3v) is 3.09. The molecular weight excluding hydrogens is 218 g/mol. The molecule has 0 saturated heterocycles. The van der Waals surface area contributed by atoms with Crippen molar-refractivity contribution in [2.45, 2.75) is 39.8 Å². The van der Waals surface area contributed by atoms with E-state index in [1.54, 1.807) is 6.33 Å². The van der Waals surface area contributed by atoms with E-state index in [-0.39, 0.29) is 17.9 Å². The molecule has 0 aromatic carbocycles. The molecule has 1 aromatic rings. The number of rotatable bonds is 6. The minimum Gasteiger partial charge on any atom is -0.468 e. The summed E-state index contributed by atoms with van der Waals surface area (Å²) in [5.41, 5.74) is 1.95. The number of esters is 1. The van der Waals surface area contributed by atoms with Gasteiger partial charge in [-0.25, -0.2) is 4.98 Å². The Bertz CT molecular complexity index is 362. The van der Waals surface area contributed by atoms with Crippen molar-refractivity contribution in [1.29, 1.82) is 0 Å². The van der Waals surface area contributed by atoms with E-state index < -0.39 is 0 Å². The first-order valence-electron chi connectivity index (χ1n) is 5.90. The first-order chi connectivity index (χ1) is 8.10. The number of ether oxygens (including phenoxy) is 1. The Morgan fingerprint density at radius 2 is 2.35 bits per heavy atom. The van der Waals surface area contributed by atoms with Crippen LogP contribution < -0.4 is 5.32 Å². The van der Waals surface area contributed by atoms with E-state index in [4.69, 9.17) is 4.74 Å². The molecule has 1 heterocycles. The number of H-pyrrole nitrogens is 1. The molecule has 0 saturated carbocycles. The number of methoxy groups -OCH3 is 1. The molecule has 96 valence electrons. The van der Waals surface area contributed by atoms with Crippen LogP contribution in [0.5, 0.6) is 0 Å². The summed E-state index contributed by atoms with van der Waals surface area (Å²) in [6.07, 6.45) is 2.58. The Morgan fingerprint density at radius 3 is 2.82 bits per heavy atom. The molecule has 5 heteroatoms. The summed E-state index contributed by atoms with van der Waals surface area (Å²) in [6, 6.07) is -0.277. The quantitative estimate of drug-likeness (QED) is 0.736. The molecule has 5 nitrogen and oxygen atoms in total. The van der Waals surface area contributed by atoms with E-state index in [2.05, 4.69) is 22.2 Å². The molecule has 0 spiro atoms. The number of hydrogen-bond acceptors (Lipinski definition) is 4. The van der Waals surface area contributed by atoms with Gasteiger partial charge in [0.15, 0.2) is 0 Å². The fourth-order valence-corrected chi connectivity index (χ4v) is 1.65. The molecule has 0 radical (unpaired) electrons. The van der Waals surface area contributed by atoms with E-state index in [0.29, 0.717) is 6.54 Å². The van der Waals surface area contributed by atoms with E-state index in [1.807, 2.05) is 13.8 Å². The van der Waals surface area contributed by atoms with Gasteiger partial charge in [0.05, 0.1) is 19.1 Å². The average molecular weight is 239 g/mol. The molecule has 0 aliphatic heterocycles. The van der Waals surface area contributed by atoms with Crippen LogP contribution in [-0.4, -0.2) is 29.1 Å². The van der Waals surface area contributed by atoms with Crippen molar-refractivity contribution >= 4 is 5.97 Å². The molecule has 0 aliphatic rings. The van der Waals surface area contributed by atoms with Crippen molar-refractivity contribution in [3.8, 4) is 0 Å². The Morgan fingerprint density at radius 1 is 1.65 bits per heavy atom. The van der Waals surface area contributed by atoms with Crippen molar-refractivity contribution in [1.82, 2.24) is 15.3 Å². The number of nitrogens with one attached hydrogen (secondary N) is 2. The van der Waals surface area contributed by atoms with Crippen LogP contribution in [0, 0.1) is 12.8 Å². The second-order valence-corrected chi connectivity index (χ2v) is 4.24. The summed E-state index contributed by atoms with van der Waals surface area (Å²) >= 11 is 0. The van der Waals surface area contributed by atoms with Crippen LogP contribution in [0.25, 0.3) is 0 Å². The minimum atomic E-state index is -0.277. The molecular formula is C12H21N3O2. The molecule has 2 N–H and O–H groups in total. The molecule has 2 unspecified atom stereocenters. The summed E-state index contributed by atoms with van der Waals surface area (Å²) in [6.45, 7) is 6.62. The lowest BCUT2D eigenvalue weighted by Crippen LogP contribution is -2.42. The van der Waals surface area contributed by atoms with E-state index in [1.165, 1.54) is 7.11 Å². The third-order valence-electron chi connectivity index (χ3n) is 3.09. The second kappa shape index (κ2) is 6.39. The van der Waals surface area contributed by atoms with Crippen LogP contribution >= 0.6 is 0 Å². The fourth-order valence-electron chi connectivity index (χ4n) is 1.65. The highest BCUT2D eigenvalue weighted by Gasteiger charge is 2.24. The van der Waals surface area contributed by atoms with Crippen LogP contribution in [0.1, 0.15) is 31.7 Å². The van der Waals surface area contributed by atoms with Crippen LogP contribution in [-0.2, 0) is 16.1 Å². The van der Waals surface area contributed by atoms with Gasteiger partial charge in [0.1, 0.15) is 6.04 Å². The normalized spacial score (nSPS) is 14.4. The predicted octanol–water partition coefficient (Wildman–Crippen LogP) is 1.40. The van der Waals surface area contributed by atoms with Crippen LogP contribution in [0.15, 0.2) is 6.33 Å². The number of aromatic nitrogens is 2. The van der Waals surface area contributed by atoms with Gasteiger partial charge in [-0.3, -0.25) is 10.1 Å². The highest BCUT2D eigenvalue weighted by atomic mass is 16.5. The Labute approximate surface area is 102 Å². The highest BCUT2D eigenvalue weighted by molar-refractivity contribution is 5.75. The van der Waals surface area contributed by atoms with Gasteiger partial charge in [0.25, 0.3) is 0 Å². The number of carbonyl (C=O) groups excluding carboxylic acids is 1. The van der Waals surface area contributed by atoms with Gasteiger partial charge in [0.2, 0.25) is 0 Å². The summed E-state index contributed by atoms with van der Waals surface area (Å²) in [5.74, 6) is 0.0224.